The lowest BCUT2D eigenvalue weighted by Crippen LogP contribution is -2.38. The van der Waals surface area contributed by atoms with Crippen LogP contribution in [0.4, 0.5) is 5.69 Å². The Labute approximate surface area is 122 Å². The summed E-state index contributed by atoms with van der Waals surface area (Å²) in [7, 11) is 1.59. The number of nitrogens with two attached hydrogens (primary N) is 2. The summed E-state index contributed by atoms with van der Waals surface area (Å²) in [6, 6.07) is 10.1. The number of anilines is 1. The summed E-state index contributed by atoms with van der Waals surface area (Å²) in [5.74, 6) is -0.356. The van der Waals surface area contributed by atoms with Crippen LogP contribution < -0.4 is 21.5 Å². The van der Waals surface area contributed by atoms with Crippen LogP contribution in [0.2, 0.25) is 0 Å². The Bertz CT molecular complexity index is 685. The van der Waals surface area contributed by atoms with E-state index >= 15 is 0 Å². The van der Waals surface area contributed by atoms with Gasteiger partial charge in [0, 0.05) is 11.1 Å². The molecule has 0 spiro atoms. The lowest BCUT2D eigenvalue weighted by atomic mass is 10.1. The molecule has 0 aromatic heterocycles. The number of primary amides is 1. The van der Waals surface area contributed by atoms with Gasteiger partial charge in [0.05, 0.1) is 19.6 Å². The molecule has 0 aliphatic rings. The Morgan fingerprint density at radius 1 is 1.29 bits per heavy atom. The predicted molar refractivity (Wildman–Crippen MR) is 80.9 cm³/mol. The first kappa shape index (κ1) is 14.8. The molecule has 0 heterocycles. The lowest BCUT2D eigenvalue weighted by Gasteiger charge is -2.12. The van der Waals surface area contributed by atoms with Crippen molar-refractivity contribution in [1.82, 2.24) is 0 Å². The third-order valence-corrected chi connectivity index (χ3v) is 3.09. The fourth-order valence-electron chi connectivity index (χ4n) is 2.04. The van der Waals surface area contributed by atoms with Gasteiger partial charge in [-0.1, -0.05) is 18.2 Å². The highest BCUT2D eigenvalue weighted by Crippen LogP contribution is 2.28. The van der Waals surface area contributed by atoms with E-state index in [-0.39, 0.29) is 6.42 Å². The number of fused-ring (bicyclic) bond motifs is 1. The number of carbonyl (C=O) groups excluding carboxylic acids is 2. The van der Waals surface area contributed by atoms with Crippen LogP contribution in [0.25, 0.3) is 10.8 Å². The van der Waals surface area contributed by atoms with Crippen molar-refractivity contribution in [2.75, 3.05) is 12.4 Å². The molecular weight excluding hydrogens is 270 g/mol. The van der Waals surface area contributed by atoms with Gasteiger partial charge in [0.25, 0.3) is 0 Å². The summed E-state index contributed by atoms with van der Waals surface area (Å²) in [4.78, 5) is 22.6. The number of methoxy groups -OCH3 is 1. The highest BCUT2D eigenvalue weighted by Gasteiger charge is 2.16. The van der Waals surface area contributed by atoms with Crippen LogP contribution in [0.5, 0.6) is 5.75 Å². The van der Waals surface area contributed by atoms with Crippen molar-refractivity contribution >= 4 is 28.3 Å². The molecule has 21 heavy (non-hydrogen) atoms. The third-order valence-electron chi connectivity index (χ3n) is 3.09. The molecule has 1 atom stereocenters. The molecule has 0 radical (unpaired) electrons. The summed E-state index contributed by atoms with van der Waals surface area (Å²) >= 11 is 0. The van der Waals surface area contributed by atoms with E-state index in [2.05, 4.69) is 5.32 Å². The largest absolute Gasteiger partial charge is 0.496 e. The van der Waals surface area contributed by atoms with Crippen LogP contribution >= 0.6 is 0 Å². The molecule has 0 saturated heterocycles. The number of carbonyl (C=O) groups is 2. The van der Waals surface area contributed by atoms with Gasteiger partial charge in [-0.15, -0.1) is 0 Å². The van der Waals surface area contributed by atoms with E-state index in [0.717, 1.165) is 10.8 Å². The van der Waals surface area contributed by atoms with Crippen LogP contribution in [0.1, 0.15) is 6.42 Å². The third kappa shape index (κ3) is 3.49. The van der Waals surface area contributed by atoms with E-state index in [0.29, 0.717) is 11.4 Å². The zero-order valence-corrected chi connectivity index (χ0v) is 11.6. The molecule has 2 aromatic rings. The van der Waals surface area contributed by atoms with Crippen molar-refractivity contribution in [3.8, 4) is 5.75 Å². The van der Waals surface area contributed by atoms with E-state index in [1.54, 1.807) is 19.2 Å². The minimum absolute atomic E-state index is 0.192. The highest BCUT2D eigenvalue weighted by atomic mass is 16.5. The smallest absolute Gasteiger partial charge is 0.241 e. The van der Waals surface area contributed by atoms with Crippen LogP contribution in [0.15, 0.2) is 36.4 Å². The number of ether oxygens (including phenoxy) is 1. The second-order valence-electron chi connectivity index (χ2n) is 4.66. The van der Waals surface area contributed by atoms with E-state index in [1.807, 2.05) is 24.3 Å². The Kier molecular flexibility index (Phi) is 4.39. The topological polar surface area (TPSA) is 107 Å². The molecule has 6 heteroatoms. The van der Waals surface area contributed by atoms with Gasteiger partial charge in [-0.05, 0) is 23.6 Å². The van der Waals surface area contributed by atoms with Crippen LogP contribution in [0.3, 0.4) is 0 Å². The number of benzene rings is 2. The Hall–Kier alpha value is -2.60. The Morgan fingerprint density at radius 3 is 2.71 bits per heavy atom. The van der Waals surface area contributed by atoms with Crippen molar-refractivity contribution in [2.45, 2.75) is 12.5 Å². The number of hydrogen-bond acceptors (Lipinski definition) is 4. The Morgan fingerprint density at radius 2 is 2.05 bits per heavy atom. The molecule has 110 valence electrons. The van der Waals surface area contributed by atoms with Gasteiger partial charge in [-0.3, -0.25) is 9.59 Å². The second-order valence-corrected chi connectivity index (χ2v) is 4.66. The van der Waals surface area contributed by atoms with E-state index < -0.39 is 17.9 Å². The van der Waals surface area contributed by atoms with Crippen LogP contribution in [0, 0.1) is 0 Å². The fraction of sp³-hybridized carbons (Fsp3) is 0.200. The average Bonchev–Trinajstić information content (AvgIpc) is 2.45. The highest BCUT2D eigenvalue weighted by molar-refractivity contribution is 5.99. The maximum Gasteiger partial charge on any atom is 0.241 e. The van der Waals surface area contributed by atoms with Crippen molar-refractivity contribution in [3.05, 3.63) is 36.4 Å². The van der Waals surface area contributed by atoms with Gasteiger partial charge < -0.3 is 21.5 Å². The van der Waals surface area contributed by atoms with Crippen LogP contribution in [-0.2, 0) is 9.59 Å². The van der Waals surface area contributed by atoms with Crippen molar-refractivity contribution < 1.29 is 14.3 Å². The van der Waals surface area contributed by atoms with Gasteiger partial charge in [0.15, 0.2) is 0 Å². The lowest BCUT2D eigenvalue weighted by molar-refractivity contribution is -0.123. The minimum Gasteiger partial charge on any atom is -0.496 e. The molecule has 0 fully saturated rings. The number of amides is 2. The summed E-state index contributed by atoms with van der Waals surface area (Å²) in [6.07, 6.45) is -0.192. The normalized spacial score (nSPS) is 11.9. The molecule has 2 amide bonds. The summed E-state index contributed by atoms with van der Waals surface area (Å²) in [6.45, 7) is 0. The minimum atomic E-state index is -0.962. The summed E-state index contributed by atoms with van der Waals surface area (Å²) < 4.78 is 5.29. The van der Waals surface area contributed by atoms with Crippen LogP contribution in [-0.4, -0.2) is 25.0 Å². The van der Waals surface area contributed by atoms with Gasteiger partial charge in [-0.2, -0.15) is 0 Å². The fourth-order valence-corrected chi connectivity index (χ4v) is 2.04. The zero-order valence-electron chi connectivity index (χ0n) is 11.6. The predicted octanol–water partition coefficient (Wildman–Crippen LogP) is 0.990. The van der Waals surface area contributed by atoms with Gasteiger partial charge in [-0.25, -0.2) is 0 Å². The first-order valence-corrected chi connectivity index (χ1v) is 6.43. The monoisotopic (exact) mass is 287 g/mol. The molecule has 2 aromatic carbocycles. The average molecular weight is 287 g/mol. The molecule has 0 bridgehead atoms. The second kappa shape index (κ2) is 6.23. The van der Waals surface area contributed by atoms with Crippen molar-refractivity contribution in [1.29, 1.82) is 0 Å². The Balaban J connectivity index is 2.23. The summed E-state index contributed by atoms with van der Waals surface area (Å²) in [5, 5.41) is 4.53. The van der Waals surface area contributed by atoms with Gasteiger partial charge in [0.1, 0.15) is 5.75 Å². The van der Waals surface area contributed by atoms with E-state index in [4.69, 9.17) is 16.2 Å². The van der Waals surface area contributed by atoms with Crippen molar-refractivity contribution in [2.24, 2.45) is 11.5 Å². The number of hydrogen-bond donors (Lipinski definition) is 3. The first-order chi connectivity index (χ1) is 10.0. The molecule has 6 nitrogen and oxygen atoms in total. The quantitative estimate of drug-likeness (QED) is 0.762. The van der Waals surface area contributed by atoms with E-state index in [9.17, 15) is 9.59 Å². The number of nitrogens with one attached hydrogen (secondary N) is 1. The number of rotatable bonds is 5. The van der Waals surface area contributed by atoms with Gasteiger partial charge in [0.2, 0.25) is 11.8 Å². The maximum absolute atomic E-state index is 11.9. The molecule has 0 aliphatic carbocycles. The SMILES string of the molecule is COc1cccc2ccc(NC(=O)C(N)CC(N)=O)cc12. The molecule has 1 unspecified atom stereocenters. The molecule has 0 aliphatic heterocycles. The van der Waals surface area contributed by atoms with E-state index in [1.165, 1.54) is 0 Å². The standard InChI is InChI=1S/C15H17N3O3/c1-21-13-4-2-3-9-5-6-10(7-11(9)13)18-15(20)12(16)8-14(17)19/h2-7,12H,8,16H2,1H3,(H2,17,19)(H,18,20). The van der Waals surface area contributed by atoms with Gasteiger partial charge >= 0.3 is 0 Å². The maximum atomic E-state index is 11.9. The molecular formula is C15H17N3O3. The summed E-state index contributed by atoms with van der Waals surface area (Å²) in [5.41, 5.74) is 11.2. The molecule has 0 saturated carbocycles. The first-order valence-electron chi connectivity index (χ1n) is 6.43. The van der Waals surface area contributed by atoms with Crippen molar-refractivity contribution in [3.63, 3.8) is 0 Å². The molecule has 5 N–H and O–H groups in total. The zero-order chi connectivity index (χ0) is 15.4. The molecule has 2 rings (SSSR count).